The molecule has 488 valence electrons. The average molecular weight is 1360 g/mol. The van der Waals surface area contributed by atoms with Gasteiger partial charge in [-0.05, 0) is 58.9 Å². The molecule has 2 aromatic rings. The Bertz CT molecular complexity index is 3430. The largest absolute Gasteiger partial charge is 0.646 e. The molecule has 8 aliphatic rings. The fraction of sp³-hybridized carbons (Fsp3) is 0.500. The second-order valence-electron chi connectivity index (χ2n) is 22.2. The summed E-state index contributed by atoms with van der Waals surface area (Å²) in [6.45, 7) is 16.1. The first kappa shape index (κ1) is 70.8. The Hall–Kier alpha value is -7.10. The minimum Gasteiger partial charge on any atom is -0.477 e. The third-order valence-corrected chi connectivity index (χ3v) is 21.3. The highest BCUT2D eigenvalue weighted by atomic mass is 32.2. The van der Waals surface area contributed by atoms with E-state index in [4.69, 9.17) is 38.6 Å². The van der Waals surface area contributed by atoms with Crippen LogP contribution >= 0.6 is 48.5 Å². The molecule has 0 spiro atoms. The van der Waals surface area contributed by atoms with Crippen molar-refractivity contribution in [2.75, 3.05) is 51.0 Å². The van der Waals surface area contributed by atoms with Crippen molar-refractivity contribution in [3.63, 3.8) is 0 Å². The number of fused-ring (bicyclic) bond motifs is 3. The molecule has 0 aliphatic carbocycles. The van der Waals surface area contributed by atoms with Gasteiger partial charge in [0.05, 0.1) is 65.9 Å². The van der Waals surface area contributed by atoms with E-state index in [0.29, 0.717) is 49.1 Å². The zero-order valence-electron chi connectivity index (χ0n) is 51.0. The fourth-order valence-electron chi connectivity index (χ4n) is 12.2. The number of likely N-dealkylation sites (N-methyl/N-ethyl adjacent to an activating group) is 2. The highest BCUT2D eigenvalue weighted by Crippen LogP contribution is 2.58. The van der Waals surface area contributed by atoms with Crippen LogP contribution in [-0.4, -0.2) is 217 Å². The molecule has 12 atom stereocenters. The van der Waals surface area contributed by atoms with Crippen molar-refractivity contribution < 1.29 is 95.6 Å². The molecule has 8 aliphatic heterocycles. The van der Waals surface area contributed by atoms with Gasteiger partial charge in [-0.1, -0.05) is 57.2 Å². The third kappa shape index (κ3) is 13.9. The highest BCUT2D eigenvalue weighted by molar-refractivity contribution is 8.03. The summed E-state index contributed by atoms with van der Waals surface area (Å²) in [6.07, 6.45) is -2.70. The zero-order chi connectivity index (χ0) is 67.4. The van der Waals surface area contributed by atoms with Gasteiger partial charge in [-0.2, -0.15) is 4.57 Å². The van der Waals surface area contributed by atoms with E-state index >= 15 is 0 Å². The lowest BCUT2D eigenvalue weighted by Crippen LogP contribution is -2.63. The number of β-lactam (4-membered cyclic amide) rings is 3. The van der Waals surface area contributed by atoms with E-state index in [9.17, 15) is 72.9 Å². The molecule has 92 heavy (non-hydrogen) atoms. The molecule has 0 bridgehead atoms. The predicted molar refractivity (Wildman–Crippen MR) is 332 cm³/mol. The van der Waals surface area contributed by atoms with Gasteiger partial charge in [0.2, 0.25) is 34.9 Å². The van der Waals surface area contributed by atoms with E-state index in [1.54, 1.807) is 81.4 Å². The first-order valence-corrected chi connectivity index (χ1v) is 34.0. The molecular weight excluding hydrogens is 1300 g/mol. The van der Waals surface area contributed by atoms with Gasteiger partial charge in [0.15, 0.2) is 5.70 Å². The van der Waals surface area contributed by atoms with Crippen LogP contribution in [0.15, 0.2) is 103 Å². The van der Waals surface area contributed by atoms with Crippen LogP contribution in [0.3, 0.4) is 0 Å². The fourth-order valence-corrected chi connectivity index (χ4v) is 16.5. The molecule has 8 heterocycles. The van der Waals surface area contributed by atoms with Crippen molar-refractivity contribution in [2.24, 2.45) is 44.8 Å². The van der Waals surface area contributed by atoms with Crippen LogP contribution in [0.25, 0.3) is 0 Å². The van der Waals surface area contributed by atoms with Crippen LogP contribution in [0.4, 0.5) is 0 Å². The van der Waals surface area contributed by atoms with E-state index in [0.717, 1.165) is 0 Å². The molecular formula is C56H66B2N9O20P3S2. The number of carboxylic acids is 1. The Morgan fingerprint density at radius 1 is 0.554 bits per heavy atom. The Balaban J connectivity index is 0.000000179. The molecule has 29 nitrogen and oxygen atoms in total. The maximum atomic E-state index is 13.9. The summed E-state index contributed by atoms with van der Waals surface area (Å²) < 4.78 is 47.5. The zero-order valence-corrected chi connectivity index (χ0v) is 55.3. The number of aliphatic hydroxyl groups excluding tert-OH is 3. The number of hydrogen-bond donors (Lipinski definition) is 4. The summed E-state index contributed by atoms with van der Waals surface area (Å²) in [4.78, 5) is 134. The number of rotatable bonds is 22. The van der Waals surface area contributed by atoms with Gasteiger partial charge < -0.3 is 81.8 Å². The SMILES string of the molecule is CCN1CCN(CSC2=C(C(=O)O)N3C(=O)C(C(C)O)C3C2C)C(=O)C1=O.[B]N=POC(=O)C1=C(OP(=O)(Oc2ccccc2)Oc2ccccc2)C(C)C2C(C(C)O)C(=O)N12.[B]N=POC(=O)C1=C(SCN2CCN(CC)C(=O)C2=O)C(C)C2C(C(C)O)C(=O)N12. The molecule has 7 amide bonds. The molecule has 36 heteroatoms. The van der Waals surface area contributed by atoms with Gasteiger partial charge in [0.25, 0.3) is 16.0 Å². The summed E-state index contributed by atoms with van der Waals surface area (Å²) in [5, 5.41) is 39.6. The molecule has 5 fully saturated rings. The Morgan fingerprint density at radius 2 is 0.891 bits per heavy atom. The van der Waals surface area contributed by atoms with E-state index in [2.05, 4.69) is 9.31 Å². The number of hydrogen-bond acceptors (Lipinski definition) is 23. The number of carbonyl (C=O) groups is 10. The monoisotopic (exact) mass is 1360 g/mol. The van der Waals surface area contributed by atoms with Crippen LogP contribution in [0.5, 0.6) is 11.5 Å². The normalized spacial score (nSPS) is 26.1. The maximum absolute atomic E-state index is 13.9. The maximum Gasteiger partial charge on any atom is 0.646 e. The van der Waals surface area contributed by atoms with Crippen molar-refractivity contribution in [1.82, 2.24) is 34.3 Å². The first-order chi connectivity index (χ1) is 43.7. The van der Waals surface area contributed by atoms with E-state index in [-0.39, 0.29) is 93.1 Å². The standard InChI is InChI=1S/C22H21BN2O8P2.C17H22BN4O6PS.C17H23N3O6S/c1-13-18-17(14(2)26)21(27)25(18)19(22(28)30-34-24-23)20(13)33-35(29,31-15-9-5-3-6-10-15)32-16-11-7-4-8-12-16;1-4-20-5-6-21(16(26)15(20)25)7-30-13-8(2)11-10(9(3)23)14(24)22(11)12(13)17(27)28-29-19-18;1-4-18-5-6-19(16(24)15(18)23)7-27-13-8(2)11-10(9(3)21)14(22)20(11)12(13)17(25)26/h3-14,17-18,26H,1-2H3;8-11,23H,4-7H2,1-3H3;8-11,21H,4-7H2,1-3H3,(H,25,26). The number of aliphatic carboxylic acids is 1. The average Bonchev–Trinajstić information content (AvgIpc) is 1.57. The molecule has 0 aromatic heterocycles. The van der Waals surface area contributed by atoms with Crippen molar-refractivity contribution in [2.45, 2.75) is 91.8 Å². The van der Waals surface area contributed by atoms with E-state index < -0.39 is 109 Å². The molecule has 4 N–H and O–H groups in total. The summed E-state index contributed by atoms with van der Waals surface area (Å²) in [5.74, 6) is -9.05. The lowest BCUT2D eigenvalue weighted by atomic mass is 9.79. The number of carboxylic acid groups (broad SMARTS) is 1. The number of phosphoric ester groups is 1. The Labute approximate surface area is 543 Å². The van der Waals surface area contributed by atoms with Crippen molar-refractivity contribution in [3.05, 3.63) is 93.3 Å². The van der Waals surface area contributed by atoms with Gasteiger partial charge in [-0.15, -0.1) is 23.5 Å². The second-order valence-corrected chi connectivity index (χ2v) is 26.7. The van der Waals surface area contributed by atoms with Crippen molar-refractivity contribution in [1.29, 1.82) is 0 Å². The number of nitrogens with zero attached hydrogens (tertiary/aromatic N) is 9. The quantitative estimate of drug-likeness (QED) is 0.0566. The van der Waals surface area contributed by atoms with Crippen molar-refractivity contribution >= 4 is 124 Å². The summed E-state index contributed by atoms with van der Waals surface area (Å²) >= 11 is 2.39. The molecule has 5 saturated heterocycles. The van der Waals surface area contributed by atoms with Gasteiger partial charge in [-0.25, -0.2) is 14.4 Å². The number of amides is 7. The highest BCUT2D eigenvalue weighted by Gasteiger charge is 2.64. The van der Waals surface area contributed by atoms with Crippen LogP contribution in [-0.2, 0) is 66.1 Å². The van der Waals surface area contributed by atoms with Crippen LogP contribution < -0.4 is 9.05 Å². The Kier molecular flexibility index (Phi) is 23.0. The number of thioether (sulfide) groups is 2. The minimum atomic E-state index is -4.46. The van der Waals surface area contributed by atoms with Gasteiger partial charge in [0, 0.05) is 66.8 Å². The molecule has 10 rings (SSSR count). The number of para-hydroxylation sites is 2. The molecule has 0 saturated carbocycles. The summed E-state index contributed by atoms with van der Waals surface area (Å²) in [6, 6.07) is 15.1. The van der Waals surface area contributed by atoms with Crippen LogP contribution in [0.2, 0.25) is 0 Å². The van der Waals surface area contributed by atoms with Crippen LogP contribution in [0, 0.1) is 35.5 Å². The number of aliphatic hydroxyl groups is 3. The molecule has 2 aromatic carbocycles. The number of carbonyl (C=O) groups excluding carboxylic acids is 9. The number of piperazine rings is 2. The van der Waals surface area contributed by atoms with Gasteiger partial charge in [-0.3, -0.25) is 38.5 Å². The lowest BCUT2D eigenvalue weighted by Gasteiger charge is -2.46. The van der Waals surface area contributed by atoms with Gasteiger partial charge >= 0.3 is 49.4 Å². The topological polar surface area (TPSA) is 362 Å². The number of benzene rings is 2. The molecule has 4 radical (unpaired) electrons. The summed E-state index contributed by atoms with van der Waals surface area (Å²) in [5.41, 5.74) is -0.263. The smallest absolute Gasteiger partial charge is 0.477 e. The van der Waals surface area contributed by atoms with Crippen molar-refractivity contribution in [3.8, 4) is 11.5 Å². The van der Waals surface area contributed by atoms with Gasteiger partial charge in [0.1, 0.15) is 28.7 Å². The predicted octanol–water partition coefficient (Wildman–Crippen LogP) is 3.64. The minimum absolute atomic E-state index is 0.0784. The van der Waals surface area contributed by atoms with E-state index in [1.165, 1.54) is 71.7 Å². The number of phosphoric acid groups is 1. The van der Waals surface area contributed by atoms with E-state index in [1.807, 2.05) is 20.8 Å². The Morgan fingerprint density at radius 3 is 1.26 bits per heavy atom. The molecule has 12 unspecified atom stereocenters. The second kappa shape index (κ2) is 29.9. The lowest BCUT2D eigenvalue weighted by molar-refractivity contribution is -0.163. The first-order valence-electron chi connectivity index (χ1n) is 29.0. The summed E-state index contributed by atoms with van der Waals surface area (Å²) in [7, 11) is 5.33. The third-order valence-electron chi connectivity index (χ3n) is 16.7. The van der Waals surface area contributed by atoms with Crippen LogP contribution in [0.1, 0.15) is 55.4 Å².